The van der Waals surface area contributed by atoms with Crippen molar-refractivity contribution in [2.45, 2.75) is 61.2 Å². The second kappa shape index (κ2) is 4.47. The Kier molecular flexibility index (Phi) is 2.83. The molecule has 0 spiro atoms. The molecule has 0 amide bonds. The molecular weight excluding hydrogens is 270 g/mol. The van der Waals surface area contributed by atoms with Crippen LogP contribution >= 0.6 is 11.8 Å². The summed E-state index contributed by atoms with van der Waals surface area (Å²) in [6, 6.07) is 2.91. The van der Waals surface area contributed by atoms with E-state index < -0.39 is 5.54 Å². The molecule has 0 aromatic carbocycles. The highest BCUT2D eigenvalue weighted by molar-refractivity contribution is 7.99. The van der Waals surface area contributed by atoms with Gasteiger partial charge in [0.05, 0.1) is 6.07 Å². The number of nitrogens with zero attached hydrogens (tertiary/aromatic N) is 4. The molecule has 1 aromatic heterocycles. The van der Waals surface area contributed by atoms with E-state index in [2.05, 4.69) is 20.8 Å². The molecule has 1 atom stereocenters. The van der Waals surface area contributed by atoms with Crippen molar-refractivity contribution < 1.29 is 0 Å². The van der Waals surface area contributed by atoms with Crippen LogP contribution in [0.25, 0.3) is 0 Å². The number of aromatic nitrogens is 3. The standard InChI is InChI=1S/C14H19N5S/c15-7-14(16,10-3-4-10)8-20-13-18-17-12(9-1-2-9)19(13)11-5-6-11/h9-11H,1-6,8,16H2. The smallest absolute Gasteiger partial charge is 0.191 e. The van der Waals surface area contributed by atoms with E-state index in [1.54, 1.807) is 11.8 Å². The second-order valence-corrected chi connectivity index (χ2v) is 7.37. The van der Waals surface area contributed by atoms with Crippen LogP contribution in [0, 0.1) is 17.2 Å². The minimum absolute atomic E-state index is 0.375. The Morgan fingerprint density at radius 1 is 1.25 bits per heavy atom. The van der Waals surface area contributed by atoms with Gasteiger partial charge in [-0.05, 0) is 44.4 Å². The Bertz CT molecular complexity index is 565. The van der Waals surface area contributed by atoms with E-state index in [0.717, 1.165) is 18.0 Å². The first-order chi connectivity index (χ1) is 9.71. The number of nitriles is 1. The van der Waals surface area contributed by atoms with E-state index in [1.165, 1.54) is 31.5 Å². The van der Waals surface area contributed by atoms with Crippen LogP contribution in [-0.4, -0.2) is 26.1 Å². The summed E-state index contributed by atoms with van der Waals surface area (Å²) in [6.45, 7) is 0. The lowest BCUT2D eigenvalue weighted by Crippen LogP contribution is -2.43. The molecule has 1 aromatic rings. The number of thioether (sulfide) groups is 1. The fourth-order valence-electron chi connectivity index (χ4n) is 2.71. The van der Waals surface area contributed by atoms with Gasteiger partial charge in [0.15, 0.2) is 5.16 Å². The summed E-state index contributed by atoms with van der Waals surface area (Å²) >= 11 is 1.62. The highest BCUT2D eigenvalue weighted by Gasteiger charge is 2.43. The van der Waals surface area contributed by atoms with E-state index >= 15 is 0 Å². The van der Waals surface area contributed by atoms with E-state index in [-0.39, 0.29) is 0 Å². The van der Waals surface area contributed by atoms with Gasteiger partial charge in [0.2, 0.25) is 0 Å². The van der Waals surface area contributed by atoms with Crippen LogP contribution in [0.3, 0.4) is 0 Å². The predicted octanol–water partition coefficient (Wildman–Crippen LogP) is 2.21. The minimum Gasteiger partial charge on any atom is -0.312 e. The maximum atomic E-state index is 9.34. The maximum absolute atomic E-state index is 9.34. The molecule has 3 fully saturated rings. The highest BCUT2D eigenvalue weighted by atomic mass is 32.2. The fourth-order valence-corrected chi connectivity index (χ4v) is 3.85. The highest BCUT2D eigenvalue weighted by Crippen LogP contribution is 2.47. The van der Waals surface area contributed by atoms with Gasteiger partial charge in [0, 0.05) is 17.7 Å². The first kappa shape index (κ1) is 12.7. The van der Waals surface area contributed by atoms with E-state index in [0.29, 0.717) is 23.6 Å². The summed E-state index contributed by atoms with van der Waals surface area (Å²) in [6.07, 6.45) is 7.15. The fraction of sp³-hybridized carbons (Fsp3) is 0.786. The molecule has 5 nitrogen and oxygen atoms in total. The Morgan fingerprint density at radius 2 is 2.00 bits per heavy atom. The summed E-state index contributed by atoms with van der Waals surface area (Å²) in [4.78, 5) is 0. The van der Waals surface area contributed by atoms with Gasteiger partial charge in [-0.3, -0.25) is 0 Å². The summed E-state index contributed by atoms with van der Waals surface area (Å²) in [5.41, 5.74) is 5.54. The quantitative estimate of drug-likeness (QED) is 0.812. The normalized spacial score (nSPS) is 25.2. The first-order valence-electron chi connectivity index (χ1n) is 7.49. The summed E-state index contributed by atoms with van der Waals surface area (Å²) < 4.78 is 2.33. The molecule has 3 saturated carbocycles. The summed E-state index contributed by atoms with van der Waals surface area (Å²) in [7, 11) is 0. The van der Waals surface area contributed by atoms with Crippen molar-refractivity contribution in [2.75, 3.05) is 5.75 Å². The van der Waals surface area contributed by atoms with Crippen molar-refractivity contribution in [1.82, 2.24) is 14.8 Å². The number of hydrogen-bond donors (Lipinski definition) is 1. The van der Waals surface area contributed by atoms with Gasteiger partial charge >= 0.3 is 0 Å². The Hall–Kier alpha value is -1.06. The van der Waals surface area contributed by atoms with E-state index in [9.17, 15) is 5.26 Å². The zero-order valence-electron chi connectivity index (χ0n) is 11.5. The van der Waals surface area contributed by atoms with Crippen molar-refractivity contribution in [3.63, 3.8) is 0 Å². The lowest BCUT2D eigenvalue weighted by atomic mass is 10.00. The van der Waals surface area contributed by atoms with Crippen LogP contribution in [0.5, 0.6) is 0 Å². The van der Waals surface area contributed by atoms with Crippen molar-refractivity contribution in [2.24, 2.45) is 11.7 Å². The zero-order chi connectivity index (χ0) is 13.7. The molecule has 1 heterocycles. The van der Waals surface area contributed by atoms with Gasteiger partial charge in [-0.25, -0.2) is 0 Å². The van der Waals surface area contributed by atoms with Crippen molar-refractivity contribution in [3.05, 3.63) is 5.82 Å². The van der Waals surface area contributed by atoms with Crippen LogP contribution in [-0.2, 0) is 0 Å². The molecule has 0 aliphatic heterocycles. The summed E-state index contributed by atoms with van der Waals surface area (Å²) in [5.74, 6) is 2.80. The molecule has 3 aliphatic rings. The number of rotatable bonds is 6. The van der Waals surface area contributed by atoms with Gasteiger partial charge in [0.25, 0.3) is 0 Å². The first-order valence-corrected chi connectivity index (χ1v) is 8.47. The van der Waals surface area contributed by atoms with Gasteiger partial charge in [-0.1, -0.05) is 11.8 Å². The molecule has 106 valence electrons. The van der Waals surface area contributed by atoms with Crippen molar-refractivity contribution in [1.29, 1.82) is 5.26 Å². The molecule has 0 radical (unpaired) electrons. The Morgan fingerprint density at radius 3 is 2.55 bits per heavy atom. The van der Waals surface area contributed by atoms with Crippen LogP contribution < -0.4 is 5.73 Å². The van der Waals surface area contributed by atoms with Crippen molar-refractivity contribution >= 4 is 11.8 Å². The molecule has 2 N–H and O–H groups in total. The van der Waals surface area contributed by atoms with Crippen LogP contribution in [0.4, 0.5) is 0 Å². The molecule has 1 unspecified atom stereocenters. The molecule has 20 heavy (non-hydrogen) atoms. The molecule has 4 rings (SSSR count). The van der Waals surface area contributed by atoms with Crippen LogP contribution in [0.1, 0.15) is 56.3 Å². The lowest BCUT2D eigenvalue weighted by molar-refractivity contribution is 0.530. The molecule has 0 saturated heterocycles. The average Bonchev–Trinajstić information content (AvgIpc) is 3.30. The van der Waals surface area contributed by atoms with Crippen LogP contribution in [0.2, 0.25) is 0 Å². The van der Waals surface area contributed by atoms with Crippen molar-refractivity contribution in [3.8, 4) is 6.07 Å². The predicted molar refractivity (Wildman–Crippen MR) is 76.2 cm³/mol. The average molecular weight is 289 g/mol. The van der Waals surface area contributed by atoms with E-state index in [4.69, 9.17) is 5.73 Å². The molecular formula is C14H19N5S. The monoisotopic (exact) mass is 289 g/mol. The van der Waals surface area contributed by atoms with Crippen LogP contribution in [0.15, 0.2) is 5.16 Å². The second-order valence-electron chi connectivity index (χ2n) is 6.43. The number of nitrogens with two attached hydrogens (primary N) is 1. The SMILES string of the molecule is N#CC(N)(CSc1nnc(C2CC2)n1C1CC1)C1CC1. The molecule has 0 bridgehead atoms. The van der Waals surface area contributed by atoms with Gasteiger partial charge in [0.1, 0.15) is 11.4 Å². The Labute approximate surface area is 122 Å². The zero-order valence-corrected chi connectivity index (χ0v) is 12.3. The van der Waals surface area contributed by atoms with Gasteiger partial charge < -0.3 is 10.3 Å². The largest absolute Gasteiger partial charge is 0.312 e. The topological polar surface area (TPSA) is 80.5 Å². The summed E-state index contributed by atoms with van der Waals surface area (Å²) in [5, 5.41) is 19.1. The van der Waals surface area contributed by atoms with Gasteiger partial charge in [-0.2, -0.15) is 5.26 Å². The number of hydrogen-bond acceptors (Lipinski definition) is 5. The Balaban J connectivity index is 1.52. The molecule has 6 heteroatoms. The van der Waals surface area contributed by atoms with E-state index in [1.807, 2.05) is 0 Å². The van der Waals surface area contributed by atoms with Gasteiger partial charge in [-0.15, -0.1) is 10.2 Å². The lowest BCUT2D eigenvalue weighted by Gasteiger charge is -2.20. The third-order valence-electron chi connectivity index (χ3n) is 4.50. The maximum Gasteiger partial charge on any atom is 0.191 e. The minimum atomic E-state index is -0.690. The molecule has 3 aliphatic carbocycles. The third-order valence-corrected chi connectivity index (χ3v) is 5.66. The third kappa shape index (κ3) is 2.23.